The molecule has 0 amide bonds. The van der Waals surface area contributed by atoms with Gasteiger partial charge in [0.2, 0.25) is 5.79 Å². The van der Waals surface area contributed by atoms with Crippen molar-refractivity contribution in [1.82, 2.24) is 0 Å². The van der Waals surface area contributed by atoms with Crippen LogP contribution in [0.15, 0.2) is 0 Å². The van der Waals surface area contributed by atoms with Gasteiger partial charge in [-0.25, -0.2) is 13.6 Å². The van der Waals surface area contributed by atoms with Crippen LogP contribution in [-0.2, 0) is 33.2 Å². The minimum absolute atomic E-state index is 0.0457. The lowest BCUT2D eigenvalue weighted by Crippen LogP contribution is -2.66. The summed E-state index contributed by atoms with van der Waals surface area (Å²) < 4.78 is 67.3. The molecular weight excluding hydrogens is 532 g/mol. The molecule has 0 aromatic heterocycles. The minimum Gasteiger partial charge on any atom is -0.461 e. The molecule has 10 nitrogen and oxygen atoms in total. The summed E-state index contributed by atoms with van der Waals surface area (Å²) in [7, 11) is 0. The number of carbonyl (C=O) groups is 1. The topological polar surface area (TPSA) is 116 Å². The number of carbonyl (C=O) groups excluding carboxylic acids is 1. The molecule has 40 heavy (non-hydrogen) atoms. The van der Waals surface area contributed by atoms with Gasteiger partial charge in [-0.05, 0) is 32.6 Å². The van der Waals surface area contributed by atoms with Crippen LogP contribution in [0.3, 0.4) is 0 Å². The molecule has 0 aromatic rings. The molecular formula is C28H51F2NO9. The zero-order valence-electron chi connectivity index (χ0n) is 25.0. The number of ether oxygens (including phenoxy) is 6. The summed E-state index contributed by atoms with van der Waals surface area (Å²) in [6, 6.07) is -2.29. The molecule has 0 saturated carbocycles. The summed E-state index contributed by atoms with van der Waals surface area (Å²) in [5.41, 5.74) is 0. The van der Waals surface area contributed by atoms with Crippen LogP contribution in [0.5, 0.6) is 0 Å². The highest BCUT2D eigenvalue weighted by Crippen LogP contribution is 2.46. The molecule has 1 saturated heterocycles. The predicted octanol–water partition coefficient (Wildman–Crippen LogP) is 5.71. The standard InChI is InChI=1S/C28H51F2NO9/c1-6-11-15-35-21-24-25(38-17-13-8-3)23(37-16-12-7-2)20-28(40-24,39-18-14-9-4)27(29,30)19-22(31(33)34)26(32)36-10-5/h22-25H,6-21H2,1-5H3/t22?,23-,24-,25-,28-/m1/s1. The van der Waals surface area contributed by atoms with Crippen LogP contribution in [0, 0.1) is 10.1 Å². The number of rotatable bonds is 23. The maximum atomic E-state index is 16.3. The Kier molecular flexibility index (Phi) is 17.9. The number of halogens is 2. The van der Waals surface area contributed by atoms with E-state index in [4.69, 9.17) is 28.4 Å². The van der Waals surface area contributed by atoms with Gasteiger partial charge in [-0.2, -0.15) is 0 Å². The van der Waals surface area contributed by atoms with Crippen molar-refractivity contribution < 1.29 is 46.9 Å². The van der Waals surface area contributed by atoms with Gasteiger partial charge < -0.3 is 28.4 Å². The first kappa shape index (κ1) is 36.6. The Labute approximate surface area is 237 Å². The molecule has 1 heterocycles. The second-order valence-corrected chi connectivity index (χ2v) is 10.2. The number of nitrogens with zero attached hydrogens (tertiary/aromatic N) is 1. The smallest absolute Gasteiger partial charge is 0.381 e. The average Bonchev–Trinajstić information content (AvgIpc) is 2.91. The molecule has 1 rings (SSSR count). The highest BCUT2D eigenvalue weighted by atomic mass is 19.3. The molecule has 0 aromatic carbocycles. The van der Waals surface area contributed by atoms with Crippen molar-refractivity contribution in [3.8, 4) is 0 Å². The van der Waals surface area contributed by atoms with E-state index in [1.54, 1.807) is 0 Å². The van der Waals surface area contributed by atoms with E-state index in [2.05, 4.69) is 0 Å². The molecule has 1 unspecified atom stereocenters. The van der Waals surface area contributed by atoms with Gasteiger partial charge >= 0.3 is 17.9 Å². The lowest BCUT2D eigenvalue weighted by atomic mass is 9.88. The Morgan fingerprint density at radius 3 is 2.12 bits per heavy atom. The van der Waals surface area contributed by atoms with Crippen molar-refractivity contribution in [1.29, 1.82) is 0 Å². The molecule has 0 N–H and O–H groups in total. The second kappa shape index (κ2) is 19.6. The first-order valence-electron chi connectivity index (χ1n) is 14.9. The third kappa shape index (κ3) is 11.4. The van der Waals surface area contributed by atoms with Crippen molar-refractivity contribution >= 4 is 5.97 Å². The zero-order valence-corrected chi connectivity index (χ0v) is 25.0. The monoisotopic (exact) mass is 583 g/mol. The van der Waals surface area contributed by atoms with Gasteiger partial charge in [-0.1, -0.05) is 53.4 Å². The van der Waals surface area contributed by atoms with E-state index in [0.717, 1.165) is 32.1 Å². The number of nitro groups is 1. The molecule has 0 aliphatic carbocycles. The van der Waals surface area contributed by atoms with Crippen LogP contribution in [0.1, 0.15) is 98.8 Å². The van der Waals surface area contributed by atoms with Crippen LogP contribution in [0.4, 0.5) is 8.78 Å². The second-order valence-electron chi connectivity index (χ2n) is 10.2. The number of unbranched alkanes of at least 4 members (excludes halogenated alkanes) is 4. The summed E-state index contributed by atoms with van der Waals surface area (Å²) in [4.78, 5) is 22.9. The van der Waals surface area contributed by atoms with Crippen LogP contribution in [-0.4, -0.2) is 86.6 Å². The SMILES string of the molecule is CCCCOC[C@H]1O[C@@](OCCCC)(C(F)(F)CC(C(=O)OCC)[N+](=O)[O-])C[C@@H](OCCCC)[C@H]1OCCCC. The van der Waals surface area contributed by atoms with Crippen LogP contribution < -0.4 is 0 Å². The van der Waals surface area contributed by atoms with Gasteiger partial charge in [0.15, 0.2) is 0 Å². The Morgan fingerprint density at radius 1 is 0.975 bits per heavy atom. The number of esters is 1. The van der Waals surface area contributed by atoms with Crippen LogP contribution in [0.25, 0.3) is 0 Å². The average molecular weight is 584 g/mol. The van der Waals surface area contributed by atoms with E-state index in [1.165, 1.54) is 6.92 Å². The highest BCUT2D eigenvalue weighted by molar-refractivity contribution is 5.74. The molecule has 1 aliphatic rings. The van der Waals surface area contributed by atoms with Gasteiger partial charge in [0, 0.05) is 31.2 Å². The Morgan fingerprint density at radius 2 is 1.55 bits per heavy atom. The van der Waals surface area contributed by atoms with Crippen molar-refractivity contribution in [2.75, 3.05) is 39.6 Å². The minimum atomic E-state index is -3.95. The third-order valence-corrected chi connectivity index (χ3v) is 6.76. The first-order chi connectivity index (χ1) is 19.1. The maximum absolute atomic E-state index is 16.3. The summed E-state index contributed by atoms with van der Waals surface area (Å²) in [5.74, 6) is -7.88. The van der Waals surface area contributed by atoms with Gasteiger partial charge in [0.05, 0.1) is 32.3 Å². The van der Waals surface area contributed by atoms with Crippen molar-refractivity contribution in [2.24, 2.45) is 0 Å². The summed E-state index contributed by atoms with van der Waals surface area (Å²) >= 11 is 0. The predicted molar refractivity (Wildman–Crippen MR) is 145 cm³/mol. The Hall–Kier alpha value is -1.47. The van der Waals surface area contributed by atoms with E-state index in [-0.39, 0.29) is 19.8 Å². The Balaban J connectivity index is 3.49. The molecule has 0 spiro atoms. The summed E-state index contributed by atoms with van der Waals surface area (Å²) in [6.07, 6.45) is 1.59. The van der Waals surface area contributed by atoms with E-state index >= 15 is 8.78 Å². The van der Waals surface area contributed by atoms with E-state index in [1.807, 2.05) is 27.7 Å². The van der Waals surface area contributed by atoms with Gasteiger partial charge in [0.1, 0.15) is 12.2 Å². The lowest BCUT2D eigenvalue weighted by molar-refractivity contribution is -0.521. The van der Waals surface area contributed by atoms with Gasteiger partial charge in [-0.15, -0.1) is 0 Å². The fourth-order valence-corrected chi connectivity index (χ4v) is 4.36. The number of hydrogen-bond acceptors (Lipinski definition) is 9. The largest absolute Gasteiger partial charge is 0.461 e. The highest BCUT2D eigenvalue weighted by Gasteiger charge is 2.65. The molecule has 0 radical (unpaired) electrons. The lowest BCUT2D eigenvalue weighted by Gasteiger charge is -2.50. The van der Waals surface area contributed by atoms with Crippen molar-refractivity contribution in [2.45, 2.75) is 135 Å². The van der Waals surface area contributed by atoms with E-state index in [9.17, 15) is 14.9 Å². The molecule has 1 fully saturated rings. The zero-order chi connectivity index (χ0) is 30.0. The summed E-state index contributed by atoms with van der Waals surface area (Å²) in [6.45, 7) is 10.2. The maximum Gasteiger partial charge on any atom is 0.381 e. The molecule has 0 bridgehead atoms. The number of alkyl halides is 2. The molecule has 236 valence electrons. The quantitative estimate of drug-likeness (QED) is 0.0645. The van der Waals surface area contributed by atoms with Gasteiger partial charge in [-0.3, -0.25) is 10.1 Å². The Bertz CT molecular complexity index is 715. The molecule has 1 aliphatic heterocycles. The molecule has 5 atom stereocenters. The first-order valence-corrected chi connectivity index (χ1v) is 14.9. The van der Waals surface area contributed by atoms with E-state index in [0.29, 0.717) is 39.1 Å². The summed E-state index contributed by atoms with van der Waals surface area (Å²) in [5, 5.41) is 11.7. The van der Waals surface area contributed by atoms with Crippen molar-refractivity contribution in [3.05, 3.63) is 10.1 Å². The fourth-order valence-electron chi connectivity index (χ4n) is 4.36. The normalized spacial score (nSPS) is 24.1. The van der Waals surface area contributed by atoms with Crippen molar-refractivity contribution in [3.63, 3.8) is 0 Å². The van der Waals surface area contributed by atoms with E-state index < -0.39 is 59.8 Å². The molecule has 12 heteroatoms. The van der Waals surface area contributed by atoms with Gasteiger partial charge in [0.25, 0.3) is 0 Å². The van der Waals surface area contributed by atoms with Crippen LogP contribution >= 0.6 is 0 Å². The fraction of sp³-hybridized carbons (Fsp3) is 0.964. The third-order valence-electron chi connectivity index (χ3n) is 6.76. The number of hydrogen-bond donors (Lipinski definition) is 0. The van der Waals surface area contributed by atoms with Crippen LogP contribution in [0.2, 0.25) is 0 Å².